The van der Waals surface area contributed by atoms with Crippen molar-refractivity contribution in [3.63, 3.8) is 0 Å². The maximum Gasteiger partial charge on any atom is 0.0359 e. The quantitative estimate of drug-likeness (QED) is 0.564. The van der Waals surface area contributed by atoms with E-state index in [1.165, 1.54) is 31.3 Å². The number of hydrogen-bond donors (Lipinski definition) is 2. The minimum Gasteiger partial charge on any atom is -0.387 e. The van der Waals surface area contributed by atoms with Crippen LogP contribution in [0.2, 0.25) is 0 Å². The van der Waals surface area contributed by atoms with Crippen LogP contribution in [0.1, 0.15) is 32.1 Å². The SMILES string of the molecule is C1=CC(CNCCCC2=CNC3CCC=CC23)=CC1. The molecule has 0 bridgehead atoms. The number of nitrogens with one attached hydrogen (secondary N) is 2. The normalized spacial score (nSPS) is 28.0. The van der Waals surface area contributed by atoms with Crippen LogP contribution in [-0.4, -0.2) is 19.1 Å². The Kier molecular flexibility index (Phi) is 4.19. The Morgan fingerprint density at radius 3 is 3.21 bits per heavy atom. The fourth-order valence-electron chi connectivity index (χ4n) is 3.24. The van der Waals surface area contributed by atoms with Crippen molar-refractivity contribution in [1.82, 2.24) is 10.6 Å². The largest absolute Gasteiger partial charge is 0.387 e. The highest BCUT2D eigenvalue weighted by atomic mass is 14.9. The third-order valence-electron chi connectivity index (χ3n) is 4.33. The zero-order chi connectivity index (χ0) is 12.9. The Morgan fingerprint density at radius 1 is 1.32 bits per heavy atom. The summed E-state index contributed by atoms with van der Waals surface area (Å²) in [6.45, 7) is 2.14. The second kappa shape index (κ2) is 6.25. The van der Waals surface area contributed by atoms with E-state index in [0.29, 0.717) is 12.0 Å². The Hall–Kier alpha value is -1.28. The Balaban J connectivity index is 1.35. The predicted molar refractivity (Wildman–Crippen MR) is 80.8 cm³/mol. The van der Waals surface area contributed by atoms with Crippen molar-refractivity contribution >= 4 is 0 Å². The van der Waals surface area contributed by atoms with Crippen molar-refractivity contribution in [3.8, 4) is 0 Å². The van der Waals surface area contributed by atoms with Gasteiger partial charge in [-0.1, -0.05) is 30.4 Å². The van der Waals surface area contributed by atoms with E-state index in [4.69, 9.17) is 0 Å². The lowest BCUT2D eigenvalue weighted by molar-refractivity contribution is 0.477. The minimum atomic E-state index is 0.675. The van der Waals surface area contributed by atoms with Crippen molar-refractivity contribution in [1.29, 1.82) is 0 Å². The molecule has 3 aliphatic rings. The van der Waals surface area contributed by atoms with Crippen LogP contribution in [0, 0.1) is 5.92 Å². The Morgan fingerprint density at radius 2 is 2.32 bits per heavy atom. The van der Waals surface area contributed by atoms with Crippen LogP contribution in [-0.2, 0) is 0 Å². The summed E-state index contributed by atoms with van der Waals surface area (Å²) < 4.78 is 0. The third kappa shape index (κ3) is 3.19. The number of rotatable bonds is 6. The van der Waals surface area contributed by atoms with Crippen LogP contribution in [0.3, 0.4) is 0 Å². The molecule has 2 heteroatoms. The number of allylic oxidation sites excluding steroid dienone is 3. The molecule has 0 saturated heterocycles. The van der Waals surface area contributed by atoms with Gasteiger partial charge >= 0.3 is 0 Å². The molecule has 0 aromatic heterocycles. The standard InChI is InChI=1S/C17H24N2/c1-2-7-14(6-1)12-18-11-5-8-15-13-19-17-10-4-3-9-16(15)17/h1,3,6-7,9,13,16-19H,2,4-5,8,10-12H2. The topological polar surface area (TPSA) is 24.1 Å². The van der Waals surface area contributed by atoms with Crippen molar-refractivity contribution in [2.24, 2.45) is 5.92 Å². The van der Waals surface area contributed by atoms with Gasteiger partial charge in [-0.15, -0.1) is 0 Å². The van der Waals surface area contributed by atoms with Gasteiger partial charge in [0, 0.05) is 18.5 Å². The molecule has 0 amide bonds. The van der Waals surface area contributed by atoms with Gasteiger partial charge in [0.25, 0.3) is 0 Å². The maximum absolute atomic E-state index is 3.54. The van der Waals surface area contributed by atoms with E-state index in [1.807, 2.05) is 0 Å². The van der Waals surface area contributed by atoms with Crippen LogP contribution in [0.25, 0.3) is 0 Å². The van der Waals surface area contributed by atoms with E-state index in [0.717, 1.165) is 19.5 Å². The molecule has 1 heterocycles. The first-order chi connectivity index (χ1) is 9.43. The van der Waals surface area contributed by atoms with Crippen molar-refractivity contribution in [2.75, 3.05) is 13.1 Å². The average molecular weight is 256 g/mol. The Labute approximate surface area is 116 Å². The van der Waals surface area contributed by atoms with E-state index >= 15 is 0 Å². The first-order valence-corrected chi connectivity index (χ1v) is 7.61. The molecule has 2 aliphatic carbocycles. The molecule has 2 unspecified atom stereocenters. The molecule has 3 rings (SSSR count). The molecule has 2 N–H and O–H groups in total. The maximum atomic E-state index is 3.54. The summed E-state index contributed by atoms with van der Waals surface area (Å²) in [7, 11) is 0. The van der Waals surface area contributed by atoms with Crippen molar-refractivity contribution in [3.05, 3.63) is 47.7 Å². The first-order valence-electron chi connectivity index (χ1n) is 7.61. The smallest absolute Gasteiger partial charge is 0.0359 e. The molecular formula is C17H24N2. The van der Waals surface area contributed by atoms with E-state index in [1.54, 1.807) is 5.57 Å². The fourth-order valence-corrected chi connectivity index (χ4v) is 3.24. The molecule has 0 fully saturated rings. The van der Waals surface area contributed by atoms with Gasteiger partial charge < -0.3 is 10.6 Å². The van der Waals surface area contributed by atoms with E-state index < -0.39 is 0 Å². The fraction of sp³-hybridized carbons (Fsp3) is 0.529. The molecule has 0 saturated carbocycles. The molecule has 0 aromatic carbocycles. The number of fused-ring (bicyclic) bond motifs is 1. The lowest BCUT2D eigenvalue weighted by Crippen LogP contribution is -2.28. The molecule has 19 heavy (non-hydrogen) atoms. The minimum absolute atomic E-state index is 0.675. The van der Waals surface area contributed by atoms with Crippen molar-refractivity contribution in [2.45, 2.75) is 38.1 Å². The molecule has 2 nitrogen and oxygen atoms in total. The van der Waals surface area contributed by atoms with E-state index in [-0.39, 0.29) is 0 Å². The van der Waals surface area contributed by atoms with E-state index in [2.05, 4.69) is 47.2 Å². The molecule has 0 aromatic rings. The Bertz CT molecular complexity index is 429. The van der Waals surface area contributed by atoms with Gasteiger partial charge in [0.15, 0.2) is 0 Å². The van der Waals surface area contributed by atoms with Gasteiger partial charge in [-0.25, -0.2) is 0 Å². The summed E-state index contributed by atoms with van der Waals surface area (Å²) in [5, 5.41) is 7.08. The monoisotopic (exact) mass is 256 g/mol. The summed E-state index contributed by atoms with van der Waals surface area (Å²) in [5.41, 5.74) is 3.04. The van der Waals surface area contributed by atoms with E-state index in [9.17, 15) is 0 Å². The summed E-state index contributed by atoms with van der Waals surface area (Å²) in [4.78, 5) is 0. The van der Waals surface area contributed by atoms with Crippen LogP contribution in [0.4, 0.5) is 0 Å². The van der Waals surface area contributed by atoms with Gasteiger partial charge in [-0.3, -0.25) is 0 Å². The second-order valence-corrected chi connectivity index (χ2v) is 5.72. The van der Waals surface area contributed by atoms with Crippen LogP contribution in [0.5, 0.6) is 0 Å². The lowest BCUT2D eigenvalue weighted by Gasteiger charge is -2.22. The molecule has 1 aliphatic heterocycles. The summed E-state index contributed by atoms with van der Waals surface area (Å²) in [6, 6.07) is 0.682. The third-order valence-corrected chi connectivity index (χ3v) is 4.33. The van der Waals surface area contributed by atoms with Gasteiger partial charge in [-0.05, 0) is 56.0 Å². The molecule has 102 valence electrons. The summed E-state index contributed by atoms with van der Waals surface area (Å²) in [5.74, 6) is 0.675. The van der Waals surface area contributed by atoms with Crippen LogP contribution in [0.15, 0.2) is 47.7 Å². The zero-order valence-electron chi connectivity index (χ0n) is 11.6. The zero-order valence-corrected chi connectivity index (χ0v) is 11.6. The van der Waals surface area contributed by atoms with Crippen LogP contribution >= 0.6 is 0 Å². The second-order valence-electron chi connectivity index (χ2n) is 5.72. The average Bonchev–Trinajstić information content (AvgIpc) is 3.08. The van der Waals surface area contributed by atoms with Crippen molar-refractivity contribution < 1.29 is 0 Å². The molecular weight excluding hydrogens is 232 g/mol. The van der Waals surface area contributed by atoms with Gasteiger partial charge in [0.2, 0.25) is 0 Å². The van der Waals surface area contributed by atoms with Gasteiger partial charge in [0.05, 0.1) is 0 Å². The molecule has 0 spiro atoms. The number of hydrogen-bond acceptors (Lipinski definition) is 2. The highest BCUT2D eigenvalue weighted by Crippen LogP contribution is 2.31. The molecule has 0 radical (unpaired) electrons. The summed E-state index contributed by atoms with van der Waals surface area (Å²) >= 11 is 0. The van der Waals surface area contributed by atoms with Crippen LogP contribution < -0.4 is 10.6 Å². The predicted octanol–water partition coefficient (Wildman–Crippen LogP) is 3.06. The highest BCUT2D eigenvalue weighted by Gasteiger charge is 2.28. The lowest BCUT2D eigenvalue weighted by atomic mass is 9.86. The van der Waals surface area contributed by atoms with Gasteiger partial charge in [0.1, 0.15) is 0 Å². The van der Waals surface area contributed by atoms with Gasteiger partial charge in [-0.2, -0.15) is 0 Å². The first kappa shape index (κ1) is 12.7. The molecule has 2 atom stereocenters. The summed E-state index contributed by atoms with van der Waals surface area (Å²) in [6.07, 6.45) is 19.9. The highest BCUT2D eigenvalue weighted by molar-refractivity contribution is 5.27.